The lowest BCUT2D eigenvalue weighted by Crippen LogP contribution is -2.32. The fourth-order valence-electron chi connectivity index (χ4n) is 1.43. The number of thiophene rings is 1. The SMILES string of the molecule is O=C(CNS(=O)(=O)c1ccc(Cl)s1)Nc1ccccc1F. The van der Waals surface area contributed by atoms with Gasteiger partial charge in [0.1, 0.15) is 10.0 Å². The molecule has 0 aliphatic rings. The zero-order valence-corrected chi connectivity index (χ0v) is 12.9. The molecular weight excluding hydrogens is 339 g/mol. The van der Waals surface area contributed by atoms with E-state index >= 15 is 0 Å². The predicted molar refractivity (Wildman–Crippen MR) is 79.5 cm³/mol. The minimum absolute atomic E-state index is 0.00573. The van der Waals surface area contributed by atoms with Crippen molar-refractivity contribution < 1.29 is 17.6 Å². The molecule has 1 aromatic carbocycles. The van der Waals surface area contributed by atoms with E-state index in [-0.39, 0.29) is 9.90 Å². The molecule has 0 saturated heterocycles. The van der Waals surface area contributed by atoms with Crippen molar-refractivity contribution in [3.63, 3.8) is 0 Å². The van der Waals surface area contributed by atoms with Crippen LogP contribution < -0.4 is 10.0 Å². The van der Waals surface area contributed by atoms with E-state index in [1.165, 1.54) is 30.3 Å². The number of benzene rings is 1. The fraction of sp³-hybridized carbons (Fsp3) is 0.0833. The maximum absolute atomic E-state index is 13.3. The summed E-state index contributed by atoms with van der Waals surface area (Å²) in [5.74, 6) is -1.27. The Kier molecular flexibility index (Phi) is 4.94. The molecule has 112 valence electrons. The van der Waals surface area contributed by atoms with Crippen LogP contribution >= 0.6 is 22.9 Å². The second-order valence-corrected chi connectivity index (χ2v) is 7.62. The number of rotatable bonds is 5. The molecule has 5 nitrogen and oxygen atoms in total. The highest BCUT2D eigenvalue weighted by Gasteiger charge is 2.18. The highest BCUT2D eigenvalue weighted by Crippen LogP contribution is 2.25. The number of amides is 1. The Bertz CT molecular complexity index is 761. The van der Waals surface area contributed by atoms with E-state index in [1.807, 2.05) is 0 Å². The largest absolute Gasteiger partial charge is 0.322 e. The first kappa shape index (κ1) is 15.9. The summed E-state index contributed by atoms with van der Waals surface area (Å²) in [4.78, 5) is 11.6. The quantitative estimate of drug-likeness (QED) is 0.871. The van der Waals surface area contributed by atoms with Gasteiger partial charge in [-0.2, -0.15) is 0 Å². The molecule has 0 atom stereocenters. The molecule has 0 saturated carbocycles. The van der Waals surface area contributed by atoms with Crippen molar-refractivity contribution in [2.45, 2.75) is 4.21 Å². The first-order valence-electron chi connectivity index (χ1n) is 5.68. The van der Waals surface area contributed by atoms with Crippen LogP contribution in [0.4, 0.5) is 10.1 Å². The average molecular weight is 349 g/mol. The van der Waals surface area contributed by atoms with E-state index in [4.69, 9.17) is 11.6 Å². The number of para-hydroxylation sites is 1. The second kappa shape index (κ2) is 6.52. The summed E-state index contributed by atoms with van der Waals surface area (Å²) in [7, 11) is -3.81. The highest BCUT2D eigenvalue weighted by atomic mass is 35.5. The number of anilines is 1. The van der Waals surface area contributed by atoms with Gasteiger partial charge in [0.25, 0.3) is 10.0 Å². The van der Waals surface area contributed by atoms with Crippen molar-refractivity contribution in [1.29, 1.82) is 0 Å². The third-order valence-corrected chi connectivity index (χ3v) is 5.51. The first-order valence-corrected chi connectivity index (χ1v) is 8.35. The second-order valence-electron chi connectivity index (χ2n) is 3.91. The van der Waals surface area contributed by atoms with E-state index in [2.05, 4.69) is 10.0 Å². The minimum atomic E-state index is -3.81. The van der Waals surface area contributed by atoms with Gasteiger partial charge in [-0.25, -0.2) is 17.5 Å². The third kappa shape index (κ3) is 4.24. The molecule has 0 aliphatic carbocycles. The van der Waals surface area contributed by atoms with Crippen molar-refractivity contribution in [2.75, 3.05) is 11.9 Å². The number of carbonyl (C=O) groups is 1. The van der Waals surface area contributed by atoms with Crippen molar-refractivity contribution in [3.8, 4) is 0 Å². The van der Waals surface area contributed by atoms with Crippen LogP contribution in [0.15, 0.2) is 40.6 Å². The Balaban J connectivity index is 1.97. The van der Waals surface area contributed by atoms with Gasteiger partial charge in [0.05, 0.1) is 16.6 Å². The smallest absolute Gasteiger partial charge is 0.250 e. The van der Waals surface area contributed by atoms with Gasteiger partial charge in [-0.05, 0) is 24.3 Å². The zero-order valence-electron chi connectivity index (χ0n) is 10.5. The molecule has 0 unspecified atom stereocenters. The lowest BCUT2D eigenvalue weighted by molar-refractivity contribution is -0.115. The van der Waals surface area contributed by atoms with Gasteiger partial charge in [0.2, 0.25) is 5.91 Å². The van der Waals surface area contributed by atoms with Crippen LogP contribution in [0.25, 0.3) is 0 Å². The molecule has 2 aromatic rings. The molecular formula is C12H10ClFN2O3S2. The molecule has 0 spiro atoms. The molecule has 2 rings (SSSR count). The molecule has 1 amide bonds. The van der Waals surface area contributed by atoms with Gasteiger partial charge in [0, 0.05) is 0 Å². The van der Waals surface area contributed by atoms with E-state index in [9.17, 15) is 17.6 Å². The first-order chi connectivity index (χ1) is 9.88. The molecule has 9 heteroatoms. The Morgan fingerprint density at radius 2 is 1.95 bits per heavy atom. The standard InChI is InChI=1S/C12H10ClFN2O3S2/c13-10-5-6-12(20-10)21(18,19)15-7-11(17)16-9-4-2-1-3-8(9)14/h1-6,15H,7H2,(H,16,17). The summed E-state index contributed by atoms with van der Waals surface area (Å²) >= 11 is 6.54. The Morgan fingerprint density at radius 3 is 2.57 bits per heavy atom. The highest BCUT2D eigenvalue weighted by molar-refractivity contribution is 7.91. The number of hydrogen-bond acceptors (Lipinski definition) is 4. The van der Waals surface area contributed by atoms with Crippen LogP contribution in [-0.4, -0.2) is 20.9 Å². The van der Waals surface area contributed by atoms with Crippen LogP contribution in [0, 0.1) is 5.82 Å². The lowest BCUT2D eigenvalue weighted by Gasteiger charge is -2.07. The molecule has 0 aliphatic heterocycles. The maximum Gasteiger partial charge on any atom is 0.250 e. The maximum atomic E-state index is 13.3. The summed E-state index contributed by atoms with van der Waals surface area (Å²) in [6.07, 6.45) is 0. The molecule has 1 heterocycles. The summed E-state index contributed by atoms with van der Waals surface area (Å²) in [5.41, 5.74) is -0.0131. The van der Waals surface area contributed by atoms with Gasteiger partial charge >= 0.3 is 0 Å². The number of hydrogen-bond donors (Lipinski definition) is 2. The van der Waals surface area contributed by atoms with Crippen molar-refractivity contribution in [2.24, 2.45) is 0 Å². The molecule has 0 fully saturated rings. The lowest BCUT2D eigenvalue weighted by atomic mass is 10.3. The van der Waals surface area contributed by atoms with Gasteiger partial charge < -0.3 is 5.32 Å². The fourth-order valence-corrected chi connectivity index (χ4v) is 3.94. The van der Waals surface area contributed by atoms with Crippen LogP contribution in [-0.2, 0) is 14.8 Å². The molecule has 21 heavy (non-hydrogen) atoms. The topological polar surface area (TPSA) is 75.3 Å². The van der Waals surface area contributed by atoms with Crippen molar-refractivity contribution >= 4 is 44.6 Å². The Labute approximate surface area is 129 Å². The minimum Gasteiger partial charge on any atom is -0.322 e. The Hall–Kier alpha value is -1.48. The average Bonchev–Trinajstić information content (AvgIpc) is 2.87. The van der Waals surface area contributed by atoms with Crippen LogP contribution in [0.1, 0.15) is 0 Å². The number of sulfonamides is 1. The number of halogens is 2. The van der Waals surface area contributed by atoms with E-state index in [0.29, 0.717) is 4.34 Å². The van der Waals surface area contributed by atoms with Crippen molar-refractivity contribution in [3.05, 3.63) is 46.6 Å². The van der Waals surface area contributed by atoms with Crippen molar-refractivity contribution in [1.82, 2.24) is 4.72 Å². The summed E-state index contributed by atoms with van der Waals surface area (Å²) in [6.45, 7) is -0.508. The number of carbonyl (C=O) groups excluding carboxylic acids is 1. The summed E-state index contributed by atoms with van der Waals surface area (Å²) in [5, 5.41) is 2.28. The molecule has 1 aromatic heterocycles. The van der Waals surface area contributed by atoms with E-state index in [0.717, 1.165) is 11.3 Å². The van der Waals surface area contributed by atoms with Crippen LogP contribution in [0.3, 0.4) is 0 Å². The normalized spacial score (nSPS) is 11.3. The molecule has 2 N–H and O–H groups in total. The monoisotopic (exact) mass is 348 g/mol. The van der Waals surface area contributed by atoms with E-state index in [1.54, 1.807) is 6.07 Å². The Morgan fingerprint density at radius 1 is 1.24 bits per heavy atom. The summed E-state index contributed by atoms with van der Waals surface area (Å²) in [6, 6.07) is 8.38. The van der Waals surface area contributed by atoms with Gasteiger partial charge in [0.15, 0.2) is 0 Å². The van der Waals surface area contributed by atoms with Gasteiger partial charge in [-0.3, -0.25) is 4.79 Å². The van der Waals surface area contributed by atoms with E-state index < -0.39 is 28.3 Å². The predicted octanol–water partition coefficient (Wildman–Crippen LogP) is 2.46. The zero-order chi connectivity index (χ0) is 15.5. The third-order valence-electron chi connectivity index (χ3n) is 2.38. The van der Waals surface area contributed by atoms with Crippen LogP contribution in [0.5, 0.6) is 0 Å². The van der Waals surface area contributed by atoms with Gasteiger partial charge in [-0.1, -0.05) is 23.7 Å². The molecule has 0 bridgehead atoms. The number of nitrogens with one attached hydrogen (secondary N) is 2. The molecule has 0 radical (unpaired) electrons. The van der Waals surface area contributed by atoms with Crippen LogP contribution in [0.2, 0.25) is 4.34 Å². The summed E-state index contributed by atoms with van der Waals surface area (Å²) < 4.78 is 39.5. The van der Waals surface area contributed by atoms with Gasteiger partial charge in [-0.15, -0.1) is 11.3 Å².